The normalized spacial score (nSPS) is 12.2. The van der Waals surface area contributed by atoms with Crippen LogP contribution in [0.2, 0.25) is 0 Å². The van der Waals surface area contributed by atoms with Gasteiger partial charge in [0, 0.05) is 13.1 Å². The van der Waals surface area contributed by atoms with E-state index in [0.717, 1.165) is 11.5 Å². The lowest BCUT2D eigenvalue weighted by Crippen LogP contribution is -2.32. The van der Waals surface area contributed by atoms with Gasteiger partial charge in [0.25, 0.3) is 0 Å². The molecule has 0 aliphatic carbocycles. The van der Waals surface area contributed by atoms with E-state index in [1.807, 2.05) is 42.5 Å². The van der Waals surface area contributed by atoms with E-state index in [4.69, 9.17) is 13.9 Å². The van der Waals surface area contributed by atoms with E-state index in [0.29, 0.717) is 26.3 Å². The summed E-state index contributed by atoms with van der Waals surface area (Å²) in [5, 5.41) is 12.9. The fourth-order valence-corrected chi connectivity index (χ4v) is 1.78. The van der Waals surface area contributed by atoms with Gasteiger partial charge in [0.05, 0.1) is 19.0 Å². The molecule has 1 aromatic heterocycles. The summed E-state index contributed by atoms with van der Waals surface area (Å²) in [5.41, 5.74) is 0. The molecule has 1 heterocycles. The Kier molecular flexibility index (Phi) is 6.80. The maximum Gasteiger partial charge on any atom is 0.129 e. The number of ether oxygens (including phenoxy) is 2. The Morgan fingerprint density at radius 1 is 1.14 bits per heavy atom. The van der Waals surface area contributed by atoms with Crippen LogP contribution in [0.1, 0.15) is 5.76 Å². The van der Waals surface area contributed by atoms with Crippen LogP contribution in [0.4, 0.5) is 0 Å². The predicted molar refractivity (Wildman–Crippen MR) is 79.2 cm³/mol. The standard InChI is InChI=1S/C16H21NO4/c18-14(12-19-13-16-7-4-9-20-16)11-17-8-10-21-15-5-2-1-3-6-15/h1-7,9,14,17-18H,8,10-13H2. The maximum atomic E-state index is 9.74. The van der Waals surface area contributed by atoms with Gasteiger partial charge in [-0.3, -0.25) is 0 Å². The third-order valence-electron chi connectivity index (χ3n) is 2.81. The summed E-state index contributed by atoms with van der Waals surface area (Å²) >= 11 is 0. The van der Waals surface area contributed by atoms with Gasteiger partial charge < -0.3 is 24.3 Å². The van der Waals surface area contributed by atoms with E-state index in [-0.39, 0.29) is 6.61 Å². The van der Waals surface area contributed by atoms with Crippen LogP contribution in [0.25, 0.3) is 0 Å². The quantitative estimate of drug-likeness (QED) is 0.654. The van der Waals surface area contributed by atoms with Crippen molar-refractivity contribution in [2.24, 2.45) is 0 Å². The van der Waals surface area contributed by atoms with Crippen LogP contribution < -0.4 is 10.1 Å². The van der Waals surface area contributed by atoms with Gasteiger partial charge in [-0.15, -0.1) is 0 Å². The maximum absolute atomic E-state index is 9.74. The lowest BCUT2D eigenvalue weighted by atomic mass is 10.3. The third kappa shape index (κ3) is 6.44. The molecular formula is C16H21NO4. The molecule has 5 heteroatoms. The van der Waals surface area contributed by atoms with E-state index in [2.05, 4.69) is 5.32 Å². The summed E-state index contributed by atoms with van der Waals surface area (Å²) in [4.78, 5) is 0. The molecule has 2 N–H and O–H groups in total. The van der Waals surface area contributed by atoms with Crippen LogP contribution in [0.15, 0.2) is 53.1 Å². The molecule has 0 saturated heterocycles. The minimum absolute atomic E-state index is 0.271. The number of hydrogen-bond donors (Lipinski definition) is 2. The highest BCUT2D eigenvalue weighted by molar-refractivity contribution is 5.20. The smallest absolute Gasteiger partial charge is 0.129 e. The molecule has 5 nitrogen and oxygen atoms in total. The monoisotopic (exact) mass is 291 g/mol. The summed E-state index contributed by atoms with van der Waals surface area (Å²) in [6, 6.07) is 13.3. The molecule has 114 valence electrons. The Morgan fingerprint density at radius 3 is 2.76 bits per heavy atom. The second-order valence-electron chi connectivity index (χ2n) is 4.61. The highest BCUT2D eigenvalue weighted by atomic mass is 16.5. The molecule has 0 aliphatic rings. The van der Waals surface area contributed by atoms with Crippen LogP contribution >= 0.6 is 0 Å². The molecule has 1 aromatic carbocycles. The first-order valence-corrected chi connectivity index (χ1v) is 7.01. The second kappa shape index (κ2) is 9.18. The van der Waals surface area contributed by atoms with Crippen LogP contribution in [0, 0.1) is 0 Å². The van der Waals surface area contributed by atoms with Crippen molar-refractivity contribution in [1.29, 1.82) is 0 Å². The zero-order valence-electron chi connectivity index (χ0n) is 11.9. The van der Waals surface area contributed by atoms with Crippen molar-refractivity contribution in [2.75, 3.05) is 26.3 Å². The molecule has 0 amide bonds. The van der Waals surface area contributed by atoms with Crippen LogP contribution in [0.3, 0.4) is 0 Å². The van der Waals surface area contributed by atoms with E-state index in [1.54, 1.807) is 6.26 Å². The average molecular weight is 291 g/mol. The summed E-state index contributed by atoms with van der Waals surface area (Å²) in [6.07, 6.45) is 1.06. The average Bonchev–Trinajstić information content (AvgIpc) is 3.01. The Bertz CT molecular complexity index is 472. The lowest BCUT2D eigenvalue weighted by Gasteiger charge is -2.12. The van der Waals surface area contributed by atoms with Crippen molar-refractivity contribution >= 4 is 0 Å². The van der Waals surface area contributed by atoms with Gasteiger partial charge in [-0.25, -0.2) is 0 Å². The molecule has 21 heavy (non-hydrogen) atoms. The van der Waals surface area contributed by atoms with E-state index >= 15 is 0 Å². The molecule has 0 saturated carbocycles. The number of aliphatic hydroxyl groups excluding tert-OH is 1. The van der Waals surface area contributed by atoms with E-state index in [9.17, 15) is 5.11 Å². The summed E-state index contributed by atoms with van der Waals surface area (Å²) in [5.74, 6) is 1.60. The van der Waals surface area contributed by atoms with Crippen LogP contribution in [-0.4, -0.2) is 37.5 Å². The van der Waals surface area contributed by atoms with Gasteiger partial charge in [-0.1, -0.05) is 18.2 Å². The van der Waals surface area contributed by atoms with Gasteiger partial charge in [-0.2, -0.15) is 0 Å². The summed E-state index contributed by atoms with van der Waals surface area (Å²) in [6.45, 7) is 2.35. The Morgan fingerprint density at radius 2 is 2.00 bits per heavy atom. The minimum atomic E-state index is -0.545. The number of hydrogen-bond acceptors (Lipinski definition) is 5. The number of nitrogens with one attached hydrogen (secondary N) is 1. The Hall–Kier alpha value is -1.82. The van der Waals surface area contributed by atoms with E-state index < -0.39 is 6.10 Å². The molecule has 0 fully saturated rings. The molecule has 0 radical (unpaired) electrons. The molecule has 2 aromatic rings. The third-order valence-corrected chi connectivity index (χ3v) is 2.81. The first-order chi connectivity index (χ1) is 10.3. The van der Waals surface area contributed by atoms with Crippen molar-refractivity contribution < 1.29 is 19.0 Å². The minimum Gasteiger partial charge on any atom is -0.492 e. The number of rotatable bonds is 10. The fourth-order valence-electron chi connectivity index (χ4n) is 1.78. The fraction of sp³-hybridized carbons (Fsp3) is 0.375. The SMILES string of the molecule is OC(CNCCOc1ccccc1)COCc1ccco1. The molecule has 0 bridgehead atoms. The molecule has 1 unspecified atom stereocenters. The van der Waals surface area contributed by atoms with Gasteiger partial charge in [0.2, 0.25) is 0 Å². The number of aliphatic hydroxyl groups is 1. The molecule has 0 aliphatic heterocycles. The Balaban J connectivity index is 1.46. The van der Waals surface area contributed by atoms with Crippen molar-refractivity contribution in [2.45, 2.75) is 12.7 Å². The predicted octanol–water partition coefficient (Wildman–Crippen LogP) is 1.83. The number of benzene rings is 1. The lowest BCUT2D eigenvalue weighted by molar-refractivity contribution is 0.0225. The highest BCUT2D eigenvalue weighted by Crippen LogP contribution is 2.07. The van der Waals surface area contributed by atoms with Crippen molar-refractivity contribution in [3.8, 4) is 5.75 Å². The van der Waals surface area contributed by atoms with Gasteiger partial charge in [0.1, 0.15) is 24.7 Å². The zero-order chi connectivity index (χ0) is 14.8. The largest absolute Gasteiger partial charge is 0.492 e. The topological polar surface area (TPSA) is 63.9 Å². The molecule has 1 atom stereocenters. The van der Waals surface area contributed by atoms with Crippen molar-refractivity contribution in [3.05, 3.63) is 54.5 Å². The molecular weight excluding hydrogens is 270 g/mol. The second-order valence-corrected chi connectivity index (χ2v) is 4.61. The number of furan rings is 1. The zero-order valence-corrected chi connectivity index (χ0v) is 11.9. The van der Waals surface area contributed by atoms with Gasteiger partial charge in [0.15, 0.2) is 0 Å². The molecule has 0 spiro atoms. The highest BCUT2D eigenvalue weighted by Gasteiger charge is 2.04. The summed E-state index contributed by atoms with van der Waals surface area (Å²) in [7, 11) is 0. The van der Waals surface area contributed by atoms with Gasteiger partial charge in [-0.05, 0) is 24.3 Å². The first kappa shape index (κ1) is 15.6. The van der Waals surface area contributed by atoms with Crippen LogP contribution in [-0.2, 0) is 11.3 Å². The van der Waals surface area contributed by atoms with Crippen molar-refractivity contribution in [3.63, 3.8) is 0 Å². The summed E-state index contributed by atoms with van der Waals surface area (Å²) < 4.78 is 16.0. The van der Waals surface area contributed by atoms with E-state index in [1.165, 1.54) is 0 Å². The van der Waals surface area contributed by atoms with Crippen molar-refractivity contribution in [1.82, 2.24) is 5.32 Å². The van der Waals surface area contributed by atoms with Gasteiger partial charge >= 0.3 is 0 Å². The van der Waals surface area contributed by atoms with Crippen LogP contribution in [0.5, 0.6) is 5.75 Å². The number of para-hydroxylation sites is 1. The molecule has 2 rings (SSSR count). The first-order valence-electron chi connectivity index (χ1n) is 7.01. The Labute approximate surface area is 124 Å².